The number of ether oxygens (including phenoxy) is 2. The van der Waals surface area contributed by atoms with Gasteiger partial charge in [0.05, 0.1) is 30.4 Å². The molecule has 8 rings (SSSR count). The number of anilines is 1. The Bertz CT molecular complexity index is 1350. The second-order valence-corrected chi connectivity index (χ2v) is 15.2. The molecule has 0 aromatic carbocycles. The molecule has 4 N–H and O–H groups in total. The highest BCUT2D eigenvalue weighted by Crippen LogP contribution is 2.66. The van der Waals surface area contributed by atoms with Crippen LogP contribution in [0.3, 0.4) is 0 Å². The van der Waals surface area contributed by atoms with Gasteiger partial charge in [-0.2, -0.15) is 19.6 Å². The van der Waals surface area contributed by atoms with Crippen molar-refractivity contribution in [3.63, 3.8) is 0 Å². The number of aromatic nitrogens is 2. The molecule has 1 aromatic heterocycles. The van der Waals surface area contributed by atoms with E-state index in [-0.39, 0.29) is 16.8 Å². The summed E-state index contributed by atoms with van der Waals surface area (Å²) >= 11 is 0. The average Bonchev–Trinajstić information content (AvgIpc) is 3.34. The second kappa shape index (κ2) is 9.81. The molecule has 1 aromatic rings. The Morgan fingerprint density at radius 2 is 1.90 bits per heavy atom. The van der Waals surface area contributed by atoms with Crippen molar-refractivity contribution in [3.05, 3.63) is 26.9 Å². The van der Waals surface area contributed by atoms with Crippen LogP contribution in [0, 0.1) is 28.0 Å². The molecule has 6 heterocycles. The van der Waals surface area contributed by atoms with Gasteiger partial charge in [-0.05, 0) is 49.0 Å². The zero-order valence-electron chi connectivity index (χ0n) is 23.4. The van der Waals surface area contributed by atoms with E-state index in [1.54, 1.807) is 0 Å². The van der Waals surface area contributed by atoms with Crippen LogP contribution in [0.1, 0.15) is 38.5 Å². The number of nitriles is 1. The monoisotopic (exact) mass is 582 g/mol. The minimum absolute atomic E-state index is 0.0522. The third-order valence-corrected chi connectivity index (χ3v) is 12.8. The fourth-order valence-electron chi connectivity index (χ4n) is 7.84. The van der Waals surface area contributed by atoms with Crippen LogP contribution in [0.25, 0.3) is 0 Å². The highest BCUT2D eigenvalue weighted by atomic mass is 32.2. The second-order valence-electron chi connectivity index (χ2n) is 13.1. The third kappa shape index (κ3) is 4.35. The van der Waals surface area contributed by atoms with Gasteiger partial charge >= 0.3 is 6.01 Å². The van der Waals surface area contributed by atoms with Crippen LogP contribution in [0.5, 0.6) is 6.01 Å². The normalized spacial score (nSPS) is 32.3. The summed E-state index contributed by atoms with van der Waals surface area (Å²) in [5, 5.41) is 18.0. The number of halogens is 1. The van der Waals surface area contributed by atoms with Gasteiger partial charge in [-0.15, -0.1) is 10.9 Å². The topological polar surface area (TPSA) is 125 Å². The highest BCUT2D eigenvalue weighted by Gasteiger charge is 2.52. The van der Waals surface area contributed by atoms with Crippen molar-refractivity contribution < 1.29 is 13.9 Å². The van der Waals surface area contributed by atoms with E-state index in [0.29, 0.717) is 53.2 Å². The smallest absolute Gasteiger partial charge is 0.319 e. The first-order chi connectivity index (χ1) is 20.0. The fraction of sp³-hybridized carbons (Fsp3) is 0.690. The SMILES string of the molecule is N#CC1=C(N)[SH](c2nc(OCC3(CN4CCOCC4)CC3)nc(N3CC4CCC(C3)N4)c2F)C2=C1C1(CC2)CNC1. The molecule has 41 heavy (non-hydrogen) atoms. The number of rotatable bonds is 7. The summed E-state index contributed by atoms with van der Waals surface area (Å²) in [5.41, 5.74) is 8.38. The maximum absolute atomic E-state index is 16.7. The lowest BCUT2D eigenvalue weighted by Gasteiger charge is -2.41. The molecular weight excluding hydrogens is 543 g/mol. The molecule has 5 fully saturated rings. The van der Waals surface area contributed by atoms with Crippen LogP contribution in [-0.2, 0) is 4.74 Å². The number of fused-ring (bicyclic) bond motifs is 3. The number of nitrogens with two attached hydrogens (primary N) is 1. The molecule has 4 saturated heterocycles. The summed E-state index contributed by atoms with van der Waals surface area (Å²) in [5.74, 6) is -0.0804. The summed E-state index contributed by atoms with van der Waals surface area (Å²) in [6.45, 7) is 8.02. The summed E-state index contributed by atoms with van der Waals surface area (Å²) in [4.78, 5) is 15.2. The molecule has 3 atom stereocenters. The number of hydrogen-bond donors (Lipinski definition) is 4. The number of nitrogens with zero attached hydrogens (tertiary/aromatic N) is 5. The van der Waals surface area contributed by atoms with Crippen LogP contribution in [0.15, 0.2) is 26.1 Å². The molecule has 10 nitrogen and oxygen atoms in total. The van der Waals surface area contributed by atoms with E-state index in [4.69, 9.17) is 25.2 Å². The fourth-order valence-corrected chi connectivity index (χ4v) is 10.4. The van der Waals surface area contributed by atoms with E-state index >= 15 is 4.39 Å². The van der Waals surface area contributed by atoms with Crippen molar-refractivity contribution in [2.24, 2.45) is 16.6 Å². The molecular formula is C29H39FN8O2S. The molecule has 7 aliphatic rings. The molecule has 0 amide bonds. The Morgan fingerprint density at radius 3 is 2.56 bits per heavy atom. The zero-order valence-corrected chi connectivity index (χ0v) is 24.3. The van der Waals surface area contributed by atoms with Crippen LogP contribution in [0.4, 0.5) is 10.2 Å². The van der Waals surface area contributed by atoms with Crippen molar-refractivity contribution in [1.82, 2.24) is 25.5 Å². The molecule has 220 valence electrons. The van der Waals surface area contributed by atoms with Gasteiger partial charge in [0.25, 0.3) is 0 Å². The molecule has 1 saturated carbocycles. The van der Waals surface area contributed by atoms with E-state index in [1.165, 1.54) is 0 Å². The minimum Gasteiger partial charge on any atom is -0.463 e. The molecule has 1 spiro atoms. The quantitative estimate of drug-likeness (QED) is 0.279. The summed E-state index contributed by atoms with van der Waals surface area (Å²) in [6, 6.07) is 3.29. The lowest BCUT2D eigenvalue weighted by molar-refractivity contribution is 0.0231. The van der Waals surface area contributed by atoms with Crippen molar-refractivity contribution in [2.45, 2.75) is 55.6 Å². The molecule has 0 radical (unpaired) electrons. The Labute approximate surface area is 242 Å². The first kappa shape index (κ1) is 26.2. The van der Waals surface area contributed by atoms with Gasteiger partial charge in [-0.3, -0.25) is 4.90 Å². The maximum Gasteiger partial charge on any atom is 0.319 e. The standard InChI is InChI=1S/C29H39FN8O2S/c30-23-25(38-12-18-1-2-19(13-38)34-18)35-27(40-17-28(5-6-28)16-37-7-9-39-10-8-37)36-26(23)41-21-3-4-29(14-33-15-29)22(21)20(11-31)24(41)32/h18-19,33-34,41H,1-10,12-17,32H2. The summed E-state index contributed by atoms with van der Waals surface area (Å²) < 4.78 is 28.6. The summed E-state index contributed by atoms with van der Waals surface area (Å²) in [6.07, 6.45) is 6.18. The van der Waals surface area contributed by atoms with Crippen LogP contribution < -0.4 is 26.0 Å². The van der Waals surface area contributed by atoms with Crippen LogP contribution >= 0.6 is 10.9 Å². The van der Waals surface area contributed by atoms with Gasteiger partial charge in [0.15, 0.2) is 11.6 Å². The van der Waals surface area contributed by atoms with Crippen LogP contribution in [0.2, 0.25) is 0 Å². The number of allylic oxidation sites excluding steroid dienone is 2. The maximum atomic E-state index is 16.7. The number of piperazine rings is 1. The average molecular weight is 583 g/mol. The molecule has 2 bridgehead atoms. The van der Waals surface area contributed by atoms with Crippen molar-refractivity contribution >= 4 is 16.7 Å². The zero-order chi connectivity index (χ0) is 27.8. The Balaban J connectivity index is 1.14. The highest BCUT2D eigenvalue weighted by molar-refractivity contribution is 8.23. The first-order valence-electron chi connectivity index (χ1n) is 15.1. The van der Waals surface area contributed by atoms with Gasteiger partial charge in [0.2, 0.25) is 0 Å². The predicted molar refractivity (Wildman–Crippen MR) is 154 cm³/mol. The van der Waals surface area contributed by atoms with Gasteiger partial charge in [0, 0.05) is 68.7 Å². The Kier molecular flexibility index (Phi) is 6.27. The molecule has 2 aliphatic carbocycles. The van der Waals surface area contributed by atoms with E-state index in [2.05, 4.69) is 26.5 Å². The summed E-state index contributed by atoms with van der Waals surface area (Å²) in [7, 11) is -1.42. The molecule has 5 aliphatic heterocycles. The minimum atomic E-state index is -1.42. The molecule has 12 heteroatoms. The van der Waals surface area contributed by atoms with Crippen molar-refractivity contribution in [1.29, 1.82) is 5.26 Å². The number of hydrogen-bond acceptors (Lipinski definition) is 10. The van der Waals surface area contributed by atoms with E-state index in [0.717, 1.165) is 94.9 Å². The van der Waals surface area contributed by atoms with E-state index < -0.39 is 16.7 Å². The number of morpholine rings is 1. The van der Waals surface area contributed by atoms with Crippen LogP contribution in [-0.4, -0.2) is 92.6 Å². The van der Waals surface area contributed by atoms with Crippen molar-refractivity contribution in [2.75, 3.05) is 70.5 Å². The van der Waals surface area contributed by atoms with Crippen molar-refractivity contribution in [3.8, 4) is 12.1 Å². The lowest BCUT2D eigenvalue weighted by Crippen LogP contribution is -2.53. The Hall–Kier alpha value is -2.43. The van der Waals surface area contributed by atoms with Gasteiger partial charge in [-0.25, -0.2) is 0 Å². The van der Waals surface area contributed by atoms with Gasteiger partial charge in [-0.1, -0.05) is 0 Å². The van der Waals surface area contributed by atoms with E-state index in [1.807, 2.05) is 0 Å². The Morgan fingerprint density at radius 1 is 1.15 bits per heavy atom. The number of nitrogens with one attached hydrogen (secondary N) is 2. The van der Waals surface area contributed by atoms with Gasteiger partial charge < -0.3 is 30.7 Å². The van der Waals surface area contributed by atoms with E-state index in [9.17, 15) is 5.26 Å². The first-order valence-corrected chi connectivity index (χ1v) is 16.5. The lowest BCUT2D eigenvalue weighted by atomic mass is 9.73. The third-order valence-electron chi connectivity index (χ3n) is 10.4. The molecule has 3 unspecified atom stereocenters. The number of thiol groups is 1. The van der Waals surface area contributed by atoms with Gasteiger partial charge in [0.1, 0.15) is 11.1 Å². The predicted octanol–water partition coefficient (Wildman–Crippen LogP) is 1.75. The largest absolute Gasteiger partial charge is 0.463 e.